The van der Waals surface area contributed by atoms with Gasteiger partial charge in [-0.1, -0.05) is 24.3 Å². The van der Waals surface area contributed by atoms with Gasteiger partial charge < -0.3 is 20.7 Å². The highest BCUT2D eigenvalue weighted by Gasteiger charge is 2.31. The van der Waals surface area contributed by atoms with E-state index >= 15 is 0 Å². The first-order chi connectivity index (χ1) is 20.4. The Kier molecular flexibility index (Phi) is 7.17. The zero-order chi connectivity index (χ0) is 29.2. The normalized spacial score (nSPS) is 14.8. The molecule has 1 aliphatic rings. The van der Waals surface area contributed by atoms with Gasteiger partial charge in [0.25, 0.3) is 5.91 Å². The molecular weight excluding hydrogens is 543 g/mol. The van der Waals surface area contributed by atoms with Gasteiger partial charge in [-0.15, -0.1) is 0 Å². The van der Waals surface area contributed by atoms with Crippen LogP contribution in [0.1, 0.15) is 28.8 Å². The Morgan fingerprint density at radius 2 is 1.98 bits per heavy atom. The predicted molar refractivity (Wildman–Crippen MR) is 150 cm³/mol. The highest BCUT2D eigenvalue weighted by molar-refractivity contribution is 5.98. The molecule has 3 aromatic heterocycles. The summed E-state index contributed by atoms with van der Waals surface area (Å²) in [7, 11) is 1.42. The van der Waals surface area contributed by atoms with Crippen LogP contribution in [0.2, 0.25) is 0 Å². The lowest BCUT2D eigenvalue weighted by atomic mass is 10.1. The summed E-state index contributed by atoms with van der Waals surface area (Å²) in [5.74, 6) is -0.394. The first-order valence-corrected chi connectivity index (χ1v) is 13.3. The standard InChI is InChI=1S/C28H27FN10O3/c1-42-22-9-8-19(29)11-21(22)27(40)32-12-17-4-6-18(7-5-17)24-23-25(30)33-15-34-26(23)38(36-24)13-20-3-2-10-37(20)28(41)39-16-31-14-35-39/h4-9,11,14-16,20H,2-3,10,12-13H2,1H3,(H,32,40)(H2,30,33,34)/t20-/m0/s1. The molecule has 4 heterocycles. The highest BCUT2D eigenvalue weighted by atomic mass is 19.1. The van der Waals surface area contributed by atoms with E-state index in [0.29, 0.717) is 35.6 Å². The SMILES string of the molecule is COc1ccc(F)cc1C(=O)NCc1ccc(-c2nn(C[C@@H]3CCCN3C(=O)n3cncn3)c3ncnc(N)c23)cc1. The molecule has 42 heavy (non-hydrogen) atoms. The third-order valence-electron chi connectivity index (χ3n) is 7.27. The van der Waals surface area contributed by atoms with E-state index in [1.807, 2.05) is 24.3 Å². The van der Waals surface area contributed by atoms with Crippen molar-refractivity contribution >= 4 is 28.8 Å². The summed E-state index contributed by atoms with van der Waals surface area (Å²) >= 11 is 0. The number of nitrogens with one attached hydrogen (secondary N) is 1. The van der Waals surface area contributed by atoms with Crippen molar-refractivity contribution in [3.8, 4) is 17.0 Å². The molecule has 1 atom stereocenters. The fraction of sp³-hybridized carbons (Fsp3) is 0.250. The topological polar surface area (TPSA) is 159 Å². The molecule has 0 spiro atoms. The summed E-state index contributed by atoms with van der Waals surface area (Å²) in [5.41, 5.74) is 9.18. The van der Waals surface area contributed by atoms with Gasteiger partial charge in [0.2, 0.25) is 0 Å². The molecule has 2 amide bonds. The lowest BCUT2D eigenvalue weighted by Gasteiger charge is -2.24. The van der Waals surface area contributed by atoms with Crippen molar-refractivity contribution < 1.29 is 18.7 Å². The van der Waals surface area contributed by atoms with E-state index in [2.05, 4.69) is 25.4 Å². The number of anilines is 1. The molecule has 2 aromatic carbocycles. The number of aromatic nitrogens is 7. The van der Waals surface area contributed by atoms with Crippen LogP contribution in [0, 0.1) is 5.82 Å². The number of carbonyl (C=O) groups is 2. The molecular formula is C28H27FN10O3. The molecule has 1 aliphatic heterocycles. The third kappa shape index (κ3) is 5.09. The number of nitrogen functional groups attached to an aromatic ring is 1. The van der Waals surface area contributed by atoms with Gasteiger partial charge in [0.15, 0.2) is 5.65 Å². The number of nitrogens with zero attached hydrogens (tertiary/aromatic N) is 8. The molecule has 6 rings (SSSR count). The maximum atomic E-state index is 13.7. The van der Waals surface area contributed by atoms with E-state index in [1.54, 1.807) is 9.58 Å². The van der Waals surface area contributed by atoms with E-state index in [1.165, 1.54) is 42.9 Å². The van der Waals surface area contributed by atoms with E-state index in [0.717, 1.165) is 30.0 Å². The third-order valence-corrected chi connectivity index (χ3v) is 7.27. The van der Waals surface area contributed by atoms with Crippen molar-refractivity contribution in [1.82, 2.24) is 44.7 Å². The van der Waals surface area contributed by atoms with Crippen LogP contribution < -0.4 is 15.8 Å². The maximum Gasteiger partial charge on any atom is 0.346 e. The number of hydrogen-bond donors (Lipinski definition) is 2. The number of benzene rings is 2. The molecule has 1 fully saturated rings. The average molecular weight is 571 g/mol. The fourth-order valence-electron chi connectivity index (χ4n) is 5.19. The first-order valence-electron chi connectivity index (χ1n) is 13.3. The van der Waals surface area contributed by atoms with Crippen LogP contribution in [0.3, 0.4) is 0 Å². The molecule has 214 valence electrons. The maximum absolute atomic E-state index is 13.7. The number of likely N-dealkylation sites (tertiary alicyclic amines) is 1. The molecule has 5 aromatic rings. The van der Waals surface area contributed by atoms with Crippen molar-refractivity contribution in [3.05, 3.63) is 78.4 Å². The number of carbonyl (C=O) groups excluding carboxylic acids is 2. The molecule has 1 saturated heterocycles. The smallest absolute Gasteiger partial charge is 0.346 e. The van der Waals surface area contributed by atoms with E-state index in [-0.39, 0.29) is 29.9 Å². The van der Waals surface area contributed by atoms with Crippen LogP contribution in [-0.4, -0.2) is 71.0 Å². The van der Waals surface area contributed by atoms with E-state index < -0.39 is 11.7 Å². The number of amides is 2. The number of halogens is 1. The van der Waals surface area contributed by atoms with Gasteiger partial charge in [0, 0.05) is 18.7 Å². The average Bonchev–Trinajstić information content (AvgIpc) is 3.78. The first kappa shape index (κ1) is 26.8. The number of rotatable bonds is 7. The molecule has 3 N–H and O–H groups in total. The predicted octanol–water partition coefficient (Wildman–Crippen LogP) is 2.88. The summed E-state index contributed by atoms with van der Waals surface area (Å²) in [6.45, 7) is 1.24. The number of fused-ring (bicyclic) bond motifs is 1. The fourth-order valence-corrected chi connectivity index (χ4v) is 5.19. The second-order valence-electron chi connectivity index (χ2n) is 9.82. The minimum atomic E-state index is -0.525. The minimum absolute atomic E-state index is 0.114. The quantitative estimate of drug-likeness (QED) is 0.300. The van der Waals surface area contributed by atoms with Crippen molar-refractivity contribution in [2.45, 2.75) is 32.0 Å². The second kappa shape index (κ2) is 11.2. The van der Waals surface area contributed by atoms with Crippen LogP contribution in [0.25, 0.3) is 22.3 Å². The van der Waals surface area contributed by atoms with Crippen LogP contribution >= 0.6 is 0 Å². The minimum Gasteiger partial charge on any atom is -0.496 e. The monoisotopic (exact) mass is 570 g/mol. The van der Waals surface area contributed by atoms with Gasteiger partial charge >= 0.3 is 6.03 Å². The van der Waals surface area contributed by atoms with Crippen molar-refractivity contribution in [3.63, 3.8) is 0 Å². The van der Waals surface area contributed by atoms with Crippen molar-refractivity contribution in [1.29, 1.82) is 0 Å². The van der Waals surface area contributed by atoms with Crippen LogP contribution in [0.4, 0.5) is 15.0 Å². The Hall–Kier alpha value is -5.40. The Bertz CT molecular complexity index is 1750. The molecule has 0 saturated carbocycles. The largest absolute Gasteiger partial charge is 0.496 e. The zero-order valence-electron chi connectivity index (χ0n) is 22.6. The van der Waals surface area contributed by atoms with E-state index in [9.17, 15) is 14.0 Å². The van der Waals surface area contributed by atoms with Gasteiger partial charge in [-0.25, -0.2) is 28.8 Å². The van der Waals surface area contributed by atoms with Gasteiger partial charge in [0.05, 0.1) is 30.6 Å². The Morgan fingerprint density at radius 3 is 2.74 bits per heavy atom. The highest BCUT2D eigenvalue weighted by Crippen LogP contribution is 2.31. The van der Waals surface area contributed by atoms with E-state index in [4.69, 9.17) is 15.6 Å². The van der Waals surface area contributed by atoms with Crippen molar-refractivity contribution in [2.24, 2.45) is 0 Å². The number of hydrogen-bond acceptors (Lipinski definition) is 9. The van der Waals surface area contributed by atoms with Gasteiger partial charge in [0.1, 0.15) is 42.1 Å². The van der Waals surface area contributed by atoms with Crippen LogP contribution in [0.5, 0.6) is 5.75 Å². The lowest BCUT2D eigenvalue weighted by molar-refractivity contribution is 0.0947. The van der Waals surface area contributed by atoms with Gasteiger partial charge in [-0.3, -0.25) is 4.79 Å². The van der Waals surface area contributed by atoms with Crippen LogP contribution in [-0.2, 0) is 13.1 Å². The number of methoxy groups -OCH3 is 1. The number of ether oxygens (including phenoxy) is 1. The Morgan fingerprint density at radius 1 is 1.14 bits per heavy atom. The zero-order valence-corrected chi connectivity index (χ0v) is 22.6. The molecule has 14 heteroatoms. The summed E-state index contributed by atoms with van der Waals surface area (Å²) in [6.07, 6.45) is 5.78. The molecule has 0 bridgehead atoms. The Balaban J connectivity index is 1.22. The molecule has 0 unspecified atom stereocenters. The van der Waals surface area contributed by atoms with Crippen LogP contribution in [0.15, 0.2) is 61.4 Å². The second-order valence-corrected chi connectivity index (χ2v) is 9.82. The lowest BCUT2D eigenvalue weighted by Crippen LogP contribution is -2.41. The van der Waals surface area contributed by atoms with Gasteiger partial charge in [-0.05, 0) is 36.6 Å². The molecule has 13 nitrogen and oxygen atoms in total. The summed E-state index contributed by atoms with van der Waals surface area (Å²) < 4.78 is 21.9. The summed E-state index contributed by atoms with van der Waals surface area (Å²) in [5, 5.41) is 12.2. The summed E-state index contributed by atoms with van der Waals surface area (Å²) in [4.78, 5) is 39.9. The number of nitrogens with two attached hydrogens (primary N) is 1. The van der Waals surface area contributed by atoms with Crippen molar-refractivity contribution in [2.75, 3.05) is 19.4 Å². The molecule has 0 radical (unpaired) electrons. The Labute approximate surface area is 239 Å². The van der Waals surface area contributed by atoms with Gasteiger partial charge in [-0.2, -0.15) is 14.9 Å². The summed E-state index contributed by atoms with van der Waals surface area (Å²) in [6, 6.07) is 10.9. The molecule has 0 aliphatic carbocycles.